The second-order valence-electron chi connectivity index (χ2n) is 3.57. The van der Waals surface area contributed by atoms with E-state index < -0.39 is 28.5 Å². The topological polar surface area (TPSA) is 122 Å². The highest BCUT2D eigenvalue weighted by atomic mass is 32.2. The van der Waals surface area contributed by atoms with Gasteiger partial charge in [0.1, 0.15) is 0 Å². The van der Waals surface area contributed by atoms with Crippen molar-refractivity contribution in [3.05, 3.63) is 29.8 Å². The van der Waals surface area contributed by atoms with Crippen molar-refractivity contribution in [2.45, 2.75) is 0 Å². The molecular formula is C10H12N2O6S. The van der Waals surface area contributed by atoms with E-state index >= 15 is 0 Å². The van der Waals surface area contributed by atoms with Gasteiger partial charge in [0.05, 0.1) is 6.26 Å². The second kappa shape index (κ2) is 6.16. The van der Waals surface area contributed by atoms with Gasteiger partial charge in [-0.15, -0.1) is 0 Å². The van der Waals surface area contributed by atoms with E-state index in [1.807, 2.05) is 5.48 Å². The highest BCUT2D eigenvalue weighted by Gasteiger charge is 2.07. The monoisotopic (exact) mass is 288 g/mol. The van der Waals surface area contributed by atoms with Crippen molar-refractivity contribution in [1.29, 1.82) is 0 Å². The SMILES string of the molecule is CS(=O)(=O)Nc1ccc(C(=O)NOCC(=O)O)cc1. The number of hydroxylamine groups is 1. The normalized spacial score (nSPS) is 10.8. The zero-order valence-electron chi connectivity index (χ0n) is 9.91. The maximum atomic E-state index is 11.5. The number of carbonyl (C=O) groups excluding carboxylic acids is 1. The first-order valence-corrected chi connectivity index (χ1v) is 6.89. The molecule has 0 saturated heterocycles. The van der Waals surface area contributed by atoms with Gasteiger partial charge in [0, 0.05) is 11.3 Å². The van der Waals surface area contributed by atoms with Crippen molar-refractivity contribution >= 4 is 27.6 Å². The lowest BCUT2D eigenvalue weighted by Crippen LogP contribution is -2.26. The maximum absolute atomic E-state index is 11.5. The summed E-state index contributed by atoms with van der Waals surface area (Å²) in [5.74, 6) is -1.85. The predicted octanol–water partition coefficient (Wildman–Crippen LogP) is -0.196. The van der Waals surface area contributed by atoms with Crippen LogP contribution in [0.2, 0.25) is 0 Å². The molecule has 1 aromatic carbocycles. The Morgan fingerprint density at radius 3 is 2.32 bits per heavy atom. The lowest BCUT2D eigenvalue weighted by atomic mass is 10.2. The Morgan fingerprint density at radius 1 is 1.26 bits per heavy atom. The highest BCUT2D eigenvalue weighted by Crippen LogP contribution is 2.10. The van der Waals surface area contributed by atoms with Crippen molar-refractivity contribution < 1.29 is 28.0 Å². The zero-order valence-corrected chi connectivity index (χ0v) is 10.7. The summed E-state index contributed by atoms with van der Waals surface area (Å²) in [4.78, 5) is 26.0. The molecule has 0 fully saturated rings. The molecule has 0 aromatic heterocycles. The Kier molecular flexibility index (Phi) is 4.84. The molecule has 0 unspecified atom stereocenters. The lowest BCUT2D eigenvalue weighted by Gasteiger charge is -2.06. The number of sulfonamides is 1. The molecule has 0 spiro atoms. The molecule has 104 valence electrons. The van der Waals surface area contributed by atoms with Gasteiger partial charge in [-0.05, 0) is 24.3 Å². The van der Waals surface area contributed by atoms with Crippen molar-refractivity contribution in [2.75, 3.05) is 17.6 Å². The van der Waals surface area contributed by atoms with E-state index in [2.05, 4.69) is 9.56 Å². The van der Waals surface area contributed by atoms with E-state index in [1.165, 1.54) is 24.3 Å². The van der Waals surface area contributed by atoms with Gasteiger partial charge in [-0.25, -0.2) is 18.7 Å². The van der Waals surface area contributed by atoms with Crippen LogP contribution in [0.25, 0.3) is 0 Å². The summed E-state index contributed by atoms with van der Waals surface area (Å²) < 4.78 is 24.2. The number of carboxylic acids is 1. The second-order valence-corrected chi connectivity index (χ2v) is 5.31. The fraction of sp³-hybridized carbons (Fsp3) is 0.200. The molecule has 0 atom stereocenters. The number of carbonyl (C=O) groups is 2. The molecule has 0 bridgehead atoms. The summed E-state index contributed by atoms with van der Waals surface area (Å²) in [5.41, 5.74) is 2.45. The molecule has 0 saturated carbocycles. The van der Waals surface area contributed by atoms with Gasteiger partial charge < -0.3 is 5.11 Å². The third-order valence-electron chi connectivity index (χ3n) is 1.81. The van der Waals surface area contributed by atoms with Crippen LogP contribution in [0.5, 0.6) is 0 Å². The van der Waals surface area contributed by atoms with E-state index in [-0.39, 0.29) is 5.56 Å². The Bertz CT molecular complexity index is 566. The van der Waals surface area contributed by atoms with E-state index in [1.54, 1.807) is 0 Å². The molecule has 1 rings (SSSR count). The smallest absolute Gasteiger partial charge is 0.332 e. The van der Waals surface area contributed by atoms with E-state index in [4.69, 9.17) is 5.11 Å². The maximum Gasteiger partial charge on any atom is 0.332 e. The first kappa shape index (κ1) is 14.9. The molecule has 0 aliphatic carbocycles. The zero-order chi connectivity index (χ0) is 14.5. The molecule has 3 N–H and O–H groups in total. The van der Waals surface area contributed by atoms with Crippen LogP contribution in [0, 0.1) is 0 Å². The summed E-state index contributed by atoms with van der Waals surface area (Å²) >= 11 is 0. The number of benzene rings is 1. The van der Waals surface area contributed by atoms with Crippen molar-refractivity contribution in [2.24, 2.45) is 0 Å². The lowest BCUT2D eigenvalue weighted by molar-refractivity contribution is -0.144. The summed E-state index contributed by atoms with van der Waals surface area (Å²) in [7, 11) is -3.37. The summed E-state index contributed by atoms with van der Waals surface area (Å²) in [6, 6.07) is 5.53. The van der Waals surface area contributed by atoms with Crippen LogP contribution in [-0.4, -0.2) is 38.3 Å². The molecule has 1 aromatic rings. The number of aliphatic carboxylic acids is 1. The Morgan fingerprint density at radius 2 is 1.84 bits per heavy atom. The van der Waals surface area contributed by atoms with Crippen molar-refractivity contribution in [1.82, 2.24) is 5.48 Å². The molecule has 0 heterocycles. The number of carboxylic acid groups (broad SMARTS) is 1. The fourth-order valence-corrected chi connectivity index (χ4v) is 1.69. The largest absolute Gasteiger partial charge is 0.479 e. The first-order chi connectivity index (χ1) is 8.78. The Labute approximate surface area is 109 Å². The predicted molar refractivity (Wildman–Crippen MR) is 66.0 cm³/mol. The minimum absolute atomic E-state index is 0.199. The van der Waals surface area contributed by atoms with Gasteiger partial charge in [-0.2, -0.15) is 0 Å². The van der Waals surface area contributed by atoms with Gasteiger partial charge in [-0.1, -0.05) is 0 Å². The van der Waals surface area contributed by atoms with Crippen molar-refractivity contribution in [3.63, 3.8) is 0 Å². The molecule has 0 aliphatic heterocycles. The van der Waals surface area contributed by atoms with Crippen LogP contribution in [0.3, 0.4) is 0 Å². The van der Waals surface area contributed by atoms with Gasteiger partial charge in [0.25, 0.3) is 5.91 Å². The average molecular weight is 288 g/mol. The average Bonchev–Trinajstić information content (AvgIpc) is 2.27. The Balaban J connectivity index is 2.60. The molecule has 0 radical (unpaired) electrons. The molecule has 0 aliphatic rings. The third kappa shape index (κ3) is 5.84. The van der Waals surface area contributed by atoms with Gasteiger partial charge in [-0.3, -0.25) is 14.4 Å². The van der Waals surface area contributed by atoms with Crippen molar-refractivity contribution in [3.8, 4) is 0 Å². The third-order valence-corrected chi connectivity index (χ3v) is 2.42. The van der Waals surface area contributed by atoms with Crippen LogP contribution in [0.15, 0.2) is 24.3 Å². The van der Waals surface area contributed by atoms with Crippen LogP contribution in [0.1, 0.15) is 10.4 Å². The van der Waals surface area contributed by atoms with Crippen LogP contribution in [-0.2, 0) is 19.7 Å². The summed E-state index contributed by atoms with van der Waals surface area (Å²) in [5, 5.41) is 8.30. The molecule has 1 amide bonds. The number of rotatable bonds is 6. The van der Waals surface area contributed by atoms with Crippen LogP contribution < -0.4 is 10.2 Å². The quantitative estimate of drug-likeness (QED) is 0.623. The number of amides is 1. The van der Waals surface area contributed by atoms with Crippen LogP contribution >= 0.6 is 0 Å². The van der Waals surface area contributed by atoms with Gasteiger partial charge >= 0.3 is 5.97 Å². The van der Waals surface area contributed by atoms with E-state index in [0.29, 0.717) is 5.69 Å². The fourth-order valence-electron chi connectivity index (χ4n) is 1.13. The van der Waals surface area contributed by atoms with E-state index in [9.17, 15) is 18.0 Å². The van der Waals surface area contributed by atoms with Crippen LogP contribution in [0.4, 0.5) is 5.69 Å². The molecule has 8 nitrogen and oxygen atoms in total. The minimum Gasteiger partial charge on any atom is -0.479 e. The number of nitrogens with one attached hydrogen (secondary N) is 2. The van der Waals surface area contributed by atoms with Gasteiger partial charge in [0.15, 0.2) is 6.61 Å². The minimum atomic E-state index is -3.37. The number of anilines is 1. The highest BCUT2D eigenvalue weighted by molar-refractivity contribution is 7.92. The number of hydrogen-bond acceptors (Lipinski definition) is 5. The molecular weight excluding hydrogens is 276 g/mol. The summed E-state index contributed by atoms with van der Waals surface area (Å²) in [6.07, 6.45) is 1.01. The molecule has 19 heavy (non-hydrogen) atoms. The molecule has 9 heteroatoms. The standard InChI is InChI=1S/C10H12N2O6S/c1-19(16,17)12-8-4-2-7(3-5-8)10(15)11-18-6-9(13)14/h2-5,12H,6H2,1H3,(H,11,15)(H,13,14). The van der Waals surface area contributed by atoms with Gasteiger partial charge in [0.2, 0.25) is 10.0 Å². The Hall–Kier alpha value is -2.13. The summed E-state index contributed by atoms with van der Waals surface area (Å²) in [6.45, 7) is -0.653. The first-order valence-electron chi connectivity index (χ1n) is 5.00. The van der Waals surface area contributed by atoms with E-state index in [0.717, 1.165) is 6.26 Å². The number of hydrogen-bond donors (Lipinski definition) is 3.